The van der Waals surface area contributed by atoms with Gasteiger partial charge in [0.25, 0.3) is 0 Å². The third-order valence-corrected chi connectivity index (χ3v) is 5.65. The number of nitrogens with one attached hydrogen (secondary N) is 1. The van der Waals surface area contributed by atoms with Crippen LogP contribution in [0.1, 0.15) is 44.7 Å². The average molecular weight is 455 g/mol. The summed E-state index contributed by atoms with van der Waals surface area (Å²) >= 11 is 0. The van der Waals surface area contributed by atoms with Crippen molar-refractivity contribution >= 4 is 11.8 Å². The number of methoxy groups -OCH3 is 1. The maximum Gasteiger partial charge on any atom is 0.242 e. The first-order valence-electron chi connectivity index (χ1n) is 11.5. The van der Waals surface area contributed by atoms with Crippen LogP contribution >= 0.6 is 0 Å². The lowest BCUT2D eigenvalue weighted by atomic mass is 10.1. The molecule has 7 heteroatoms. The first-order valence-corrected chi connectivity index (χ1v) is 11.5. The van der Waals surface area contributed by atoms with Gasteiger partial charge in [-0.05, 0) is 54.2 Å². The van der Waals surface area contributed by atoms with Crippen molar-refractivity contribution < 1.29 is 23.8 Å². The fourth-order valence-corrected chi connectivity index (χ4v) is 3.76. The molecule has 1 aliphatic rings. The van der Waals surface area contributed by atoms with Crippen molar-refractivity contribution in [3.63, 3.8) is 0 Å². The molecule has 0 unspecified atom stereocenters. The number of carbonyl (C=O) groups excluding carboxylic acids is 2. The third kappa shape index (κ3) is 6.63. The first-order chi connectivity index (χ1) is 15.9. The Morgan fingerprint density at radius 3 is 2.42 bits per heavy atom. The highest BCUT2D eigenvalue weighted by Gasteiger charge is 2.28. The Labute approximate surface area is 196 Å². The SMILES string of the molecule is CC[C@@H](C(=O)NCC(C)C)N(Cc1ccc(OC)cc1)C(=O)CCc1ccc2c(c1)OCO2. The molecule has 0 saturated carbocycles. The summed E-state index contributed by atoms with van der Waals surface area (Å²) in [5, 5.41) is 2.99. The van der Waals surface area contributed by atoms with Gasteiger partial charge in [0.2, 0.25) is 18.6 Å². The molecule has 0 spiro atoms. The highest BCUT2D eigenvalue weighted by Crippen LogP contribution is 2.32. The molecule has 33 heavy (non-hydrogen) atoms. The predicted octanol–water partition coefficient (Wildman–Crippen LogP) is 3.94. The van der Waals surface area contributed by atoms with Crippen molar-refractivity contribution in [1.29, 1.82) is 0 Å². The van der Waals surface area contributed by atoms with Crippen LogP contribution < -0.4 is 19.5 Å². The van der Waals surface area contributed by atoms with E-state index in [0.29, 0.717) is 44.0 Å². The molecule has 1 heterocycles. The molecule has 3 rings (SSSR count). The van der Waals surface area contributed by atoms with E-state index in [2.05, 4.69) is 5.32 Å². The van der Waals surface area contributed by atoms with E-state index >= 15 is 0 Å². The second-order valence-electron chi connectivity index (χ2n) is 8.62. The van der Waals surface area contributed by atoms with Crippen LogP contribution in [0.5, 0.6) is 17.2 Å². The maximum atomic E-state index is 13.4. The number of nitrogens with zero attached hydrogens (tertiary/aromatic N) is 1. The van der Waals surface area contributed by atoms with Gasteiger partial charge >= 0.3 is 0 Å². The van der Waals surface area contributed by atoms with Crippen molar-refractivity contribution in [3.8, 4) is 17.2 Å². The van der Waals surface area contributed by atoms with E-state index in [0.717, 1.165) is 22.6 Å². The molecule has 2 aromatic carbocycles. The van der Waals surface area contributed by atoms with Gasteiger partial charge in [0.05, 0.1) is 7.11 Å². The number of ether oxygens (including phenoxy) is 3. The summed E-state index contributed by atoms with van der Waals surface area (Å²) in [5.41, 5.74) is 1.94. The van der Waals surface area contributed by atoms with Crippen LogP contribution in [0, 0.1) is 5.92 Å². The zero-order chi connectivity index (χ0) is 23.8. The van der Waals surface area contributed by atoms with Gasteiger partial charge in [-0.25, -0.2) is 0 Å². The Morgan fingerprint density at radius 1 is 1.06 bits per heavy atom. The number of rotatable bonds is 11. The van der Waals surface area contributed by atoms with Crippen molar-refractivity contribution in [1.82, 2.24) is 10.2 Å². The third-order valence-electron chi connectivity index (χ3n) is 5.65. The number of aryl methyl sites for hydroxylation is 1. The fourth-order valence-electron chi connectivity index (χ4n) is 3.76. The Balaban J connectivity index is 1.74. The molecule has 0 bridgehead atoms. The summed E-state index contributed by atoms with van der Waals surface area (Å²) in [6.45, 7) is 7.19. The minimum absolute atomic E-state index is 0.0602. The van der Waals surface area contributed by atoms with E-state index in [1.54, 1.807) is 12.0 Å². The van der Waals surface area contributed by atoms with Crippen molar-refractivity contribution in [2.45, 2.75) is 52.6 Å². The lowest BCUT2D eigenvalue weighted by Crippen LogP contribution is -2.49. The normalized spacial score (nSPS) is 13.0. The minimum atomic E-state index is -0.532. The van der Waals surface area contributed by atoms with Crippen LogP contribution in [0.3, 0.4) is 0 Å². The van der Waals surface area contributed by atoms with Gasteiger partial charge in [0.15, 0.2) is 11.5 Å². The summed E-state index contributed by atoms with van der Waals surface area (Å²) in [4.78, 5) is 28.0. The average Bonchev–Trinajstić information content (AvgIpc) is 3.29. The van der Waals surface area contributed by atoms with E-state index in [-0.39, 0.29) is 18.6 Å². The van der Waals surface area contributed by atoms with Gasteiger partial charge < -0.3 is 24.4 Å². The summed E-state index contributed by atoms with van der Waals surface area (Å²) < 4.78 is 16.0. The van der Waals surface area contributed by atoms with Crippen LogP contribution in [0.15, 0.2) is 42.5 Å². The van der Waals surface area contributed by atoms with E-state index in [1.807, 2.05) is 63.2 Å². The molecule has 2 aromatic rings. The molecule has 7 nitrogen and oxygen atoms in total. The van der Waals surface area contributed by atoms with Crippen LogP contribution in [0.4, 0.5) is 0 Å². The Kier molecular flexibility index (Phi) is 8.58. The Hall–Kier alpha value is -3.22. The van der Waals surface area contributed by atoms with Crippen LogP contribution in [-0.2, 0) is 22.6 Å². The highest BCUT2D eigenvalue weighted by molar-refractivity contribution is 5.87. The molecule has 1 N–H and O–H groups in total. The molecule has 0 aliphatic carbocycles. The summed E-state index contributed by atoms with van der Waals surface area (Å²) in [6.07, 6.45) is 1.39. The van der Waals surface area contributed by atoms with Crippen molar-refractivity contribution in [2.24, 2.45) is 5.92 Å². The van der Waals surface area contributed by atoms with E-state index < -0.39 is 6.04 Å². The molecule has 0 radical (unpaired) electrons. The van der Waals surface area contributed by atoms with Gasteiger partial charge in [-0.2, -0.15) is 0 Å². The minimum Gasteiger partial charge on any atom is -0.497 e. The van der Waals surface area contributed by atoms with Gasteiger partial charge in [0.1, 0.15) is 11.8 Å². The Morgan fingerprint density at radius 2 is 1.76 bits per heavy atom. The molecule has 1 aliphatic heterocycles. The molecule has 1 atom stereocenters. The van der Waals surface area contributed by atoms with Crippen LogP contribution in [-0.4, -0.2) is 43.2 Å². The quantitative estimate of drug-likeness (QED) is 0.557. The van der Waals surface area contributed by atoms with Gasteiger partial charge in [-0.3, -0.25) is 9.59 Å². The zero-order valence-corrected chi connectivity index (χ0v) is 19.9. The van der Waals surface area contributed by atoms with Crippen LogP contribution in [0.25, 0.3) is 0 Å². The van der Waals surface area contributed by atoms with Crippen molar-refractivity contribution in [3.05, 3.63) is 53.6 Å². The number of hydrogen-bond acceptors (Lipinski definition) is 5. The smallest absolute Gasteiger partial charge is 0.242 e. The number of benzene rings is 2. The van der Waals surface area contributed by atoms with Gasteiger partial charge in [-0.15, -0.1) is 0 Å². The predicted molar refractivity (Wildman–Crippen MR) is 126 cm³/mol. The second kappa shape index (κ2) is 11.6. The number of fused-ring (bicyclic) bond motifs is 1. The summed E-state index contributed by atoms with van der Waals surface area (Å²) in [7, 11) is 1.62. The topological polar surface area (TPSA) is 77.1 Å². The zero-order valence-electron chi connectivity index (χ0n) is 19.9. The van der Waals surface area contributed by atoms with Gasteiger partial charge in [0, 0.05) is 19.5 Å². The monoisotopic (exact) mass is 454 g/mol. The summed E-state index contributed by atoms with van der Waals surface area (Å²) in [6, 6.07) is 12.8. The second-order valence-corrected chi connectivity index (χ2v) is 8.62. The summed E-state index contributed by atoms with van der Waals surface area (Å²) in [5.74, 6) is 2.34. The lowest BCUT2D eigenvalue weighted by molar-refractivity contribution is -0.141. The lowest BCUT2D eigenvalue weighted by Gasteiger charge is -2.31. The van der Waals surface area contributed by atoms with E-state index in [1.165, 1.54) is 0 Å². The number of carbonyl (C=O) groups is 2. The highest BCUT2D eigenvalue weighted by atomic mass is 16.7. The standard InChI is InChI=1S/C26H34N2O5/c1-5-22(26(30)27-15-18(2)3)28(16-20-6-10-21(31-4)11-7-20)25(29)13-9-19-8-12-23-24(14-19)33-17-32-23/h6-8,10-12,14,18,22H,5,9,13,15-17H2,1-4H3,(H,27,30)/t22-/m0/s1. The molecule has 0 aromatic heterocycles. The number of hydrogen-bond donors (Lipinski definition) is 1. The molecule has 178 valence electrons. The molecule has 2 amide bonds. The van der Waals surface area contributed by atoms with E-state index in [9.17, 15) is 9.59 Å². The molecule has 0 saturated heterocycles. The maximum absolute atomic E-state index is 13.4. The Bertz CT molecular complexity index is 942. The van der Waals surface area contributed by atoms with E-state index in [4.69, 9.17) is 14.2 Å². The molecular weight excluding hydrogens is 420 g/mol. The molecular formula is C26H34N2O5. The first kappa shape index (κ1) is 24.4. The number of amides is 2. The van der Waals surface area contributed by atoms with Crippen LogP contribution in [0.2, 0.25) is 0 Å². The fraction of sp³-hybridized carbons (Fsp3) is 0.462. The molecule has 0 fully saturated rings. The van der Waals surface area contributed by atoms with Crippen molar-refractivity contribution in [2.75, 3.05) is 20.4 Å². The largest absolute Gasteiger partial charge is 0.497 e. The van der Waals surface area contributed by atoms with Gasteiger partial charge in [-0.1, -0.05) is 39.0 Å².